The van der Waals surface area contributed by atoms with Crippen molar-refractivity contribution in [2.45, 2.75) is 50.9 Å². The molecule has 1 aliphatic rings. The van der Waals surface area contributed by atoms with E-state index in [0.29, 0.717) is 12.6 Å². The van der Waals surface area contributed by atoms with Gasteiger partial charge in [0.05, 0.1) is 5.25 Å². The van der Waals surface area contributed by atoms with Crippen LogP contribution < -0.4 is 5.32 Å². The van der Waals surface area contributed by atoms with Gasteiger partial charge in [0.25, 0.3) is 0 Å². The van der Waals surface area contributed by atoms with Gasteiger partial charge in [0.2, 0.25) is 10.0 Å². The minimum atomic E-state index is -3.20. The standard InChI is InChI=1S/C13H29N3O2S/c1-11(2)14-10-12(3)19(17,18)16(5)13-6-8-15(4)9-7-13/h11-14H,6-10H2,1-5H3. The van der Waals surface area contributed by atoms with E-state index in [-0.39, 0.29) is 11.3 Å². The van der Waals surface area contributed by atoms with Crippen LogP contribution in [-0.2, 0) is 10.0 Å². The van der Waals surface area contributed by atoms with Gasteiger partial charge in [0.15, 0.2) is 0 Å². The minimum absolute atomic E-state index is 0.155. The first kappa shape index (κ1) is 16.9. The highest BCUT2D eigenvalue weighted by molar-refractivity contribution is 7.89. The fraction of sp³-hybridized carbons (Fsp3) is 1.00. The number of rotatable bonds is 6. The largest absolute Gasteiger partial charge is 0.313 e. The number of piperidine rings is 1. The van der Waals surface area contributed by atoms with Gasteiger partial charge in [-0.25, -0.2) is 12.7 Å². The second kappa shape index (κ2) is 7.02. The highest BCUT2D eigenvalue weighted by Crippen LogP contribution is 2.19. The summed E-state index contributed by atoms with van der Waals surface area (Å²) in [5.74, 6) is 0. The van der Waals surface area contributed by atoms with Gasteiger partial charge < -0.3 is 10.2 Å². The van der Waals surface area contributed by atoms with Crippen molar-refractivity contribution in [1.29, 1.82) is 0 Å². The van der Waals surface area contributed by atoms with Crippen LogP contribution >= 0.6 is 0 Å². The zero-order valence-corrected chi connectivity index (χ0v) is 13.7. The molecule has 6 heteroatoms. The molecule has 0 aromatic heterocycles. The van der Waals surface area contributed by atoms with Crippen LogP contribution in [0.25, 0.3) is 0 Å². The summed E-state index contributed by atoms with van der Waals surface area (Å²) in [5.41, 5.74) is 0. The van der Waals surface area contributed by atoms with Crippen molar-refractivity contribution in [3.63, 3.8) is 0 Å². The number of hydrogen-bond donors (Lipinski definition) is 1. The summed E-state index contributed by atoms with van der Waals surface area (Å²) in [6.07, 6.45) is 1.85. The molecule has 1 fully saturated rings. The van der Waals surface area contributed by atoms with E-state index in [4.69, 9.17) is 0 Å². The molecule has 1 N–H and O–H groups in total. The number of nitrogens with one attached hydrogen (secondary N) is 1. The van der Waals surface area contributed by atoms with Gasteiger partial charge in [-0.3, -0.25) is 0 Å². The zero-order valence-electron chi connectivity index (χ0n) is 12.9. The SMILES string of the molecule is CC(C)NCC(C)S(=O)(=O)N(C)C1CCN(C)CC1. The summed E-state index contributed by atoms with van der Waals surface area (Å²) >= 11 is 0. The average Bonchev–Trinajstić information content (AvgIpc) is 2.35. The highest BCUT2D eigenvalue weighted by atomic mass is 32.2. The molecule has 5 nitrogen and oxygen atoms in total. The molecule has 0 amide bonds. The second-order valence-corrected chi connectivity index (χ2v) is 8.38. The third-order valence-corrected chi connectivity index (χ3v) is 6.21. The van der Waals surface area contributed by atoms with E-state index in [1.54, 1.807) is 18.3 Å². The van der Waals surface area contributed by atoms with Gasteiger partial charge in [-0.05, 0) is 39.9 Å². The molecule has 0 spiro atoms. The fourth-order valence-corrected chi connectivity index (χ4v) is 3.86. The Balaban J connectivity index is 2.60. The van der Waals surface area contributed by atoms with Crippen LogP contribution in [0.5, 0.6) is 0 Å². The molecule has 1 atom stereocenters. The number of hydrogen-bond acceptors (Lipinski definition) is 4. The summed E-state index contributed by atoms with van der Waals surface area (Å²) in [7, 11) is 0.617. The monoisotopic (exact) mass is 291 g/mol. The molecule has 1 heterocycles. The van der Waals surface area contributed by atoms with Crippen molar-refractivity contribution in [3.8, 4) is 0 Å². The number of likely N-dealkylation sites (tertiary alicyclic amines) is 1. The van der Waals surface area contributed by atoms with E-state index in [2.05, 4.69) is 17.3 Å². The van der Waals surface area contributed by atoms with Crippen molar-refractivity contribution in [2.24, 2.45) is 0 Å². The summed E-state index contributed by atoms with van der Waals surface area (Å²) in [5, 5.41) is 2.83. The lowest BCUT2D eigenvalue weighted by molar-refractivity contribution is 0.197. The molecule has 0 bridgehead atoms. The summed E-state index contributed by atoms with van der Waals surface area (Å²) in [4.78, 5) is 2.25. The molecule has 1 unspecified atom stereocenters. The lowest BCUT2D eigenvalue weighted by atomic mass is 10.1. The summed E-state index contributed by atoms with van der Waals surface area (Å²) < 4.78 is 26.6. The fourth-order valence-electron chi connectivity index (χ4n) is 2.36. The van der Waals surface area contributed by atoms with Gasteiger partial charge in [0, 0.05) is 25.7 Å². The normalized spacial score (nSPS) is 21.2. The van der Waals surface area contributed by atoms with Crippen LogP contribution in [0, 0.1) is 0 Å². The molecular formula is C13H29N3O2S. The molecular weight excluding hydrogens is 262 g/mol. The van der Waals surface area contributed by atoms with Crippen molar-refractivity contribution in [1.82, 2.24) is 14.5 Å². The van der Waals surface area contributed by atoms with Gasteiger partial charge in [-0.1, -0.05) is 13.8 Å². The topological polar surface area (TPSA) is 52.7 Å². The van der Waals surface area contributed by atoms with Crippen LogP contribution in [0.4, 0.5) is 0 Å². The first-order valence-electron chi connectivity index (χ1n) is 7.14. The first-order valence-corrected chi connectivity index (χ1v) is 8.64. The summed E-state index contributed by atoms with van der Waals surface area (Å²) in [6, 6.07) is 0.467. The van der Waals surface area contributed by atoms with E-state index in [1.807, 2.05) is 13.8 Å². The Morgan fingerprint density at radius 1 is 1.26 bits per heavy atom. The molecule has 1 rings (SSSR count). The number of nitrogens with zero attached hydrogens (tertiary/aromatic N) is 2. The molecule has 0 aromatic carbocycles. The maximum Gasteiger partial charge on any atom is 0.217 e. The Bertz CT molecular complexity index is 362. The predicted molar refractivity (Wildman–Crippen MR) is 79.8 cm³/mol. The minimum Gasteiger partial charge on any atom is -0.313 e. The molecule has 114 valence electrons. The molecule has 19 heavy (non-hydrogen) atoms. The van der Waals surface area contributed by atoms with Crippen molar-refractivity contribution in [3.05, 3.63) is 0 Å². The highest BCUT2D eigenvalue weighted by Gasteiger charge is 2.32. The van der Waals surface area contributed by atoms with Gasteiger partial charge >= 0.3 is 0 Å². The molecule has 0 aliphatic carbocycles. The Morgan fingerprint density at radius 3 is 2.26 bits per heavy atom. The average molecular weight is 291 g/mol. The molecule has 0 saturated carbocycles. The molecule has 0 radical (unpaired) electrons. The van der Waals surface area contributed by atoms with Crippen molar-refractivity contribution >= 4 is 10.0 Å². The molecule has 1 aliphatic heterocycles. The van der Waals surface area contributed by atoms with E-state index in [0.717, 1.165) is 25.9 Å². The van der Waals surface area contributed by atoms with E-state index in [1.165, 1.54) is 0 Å². The Labute approximate surface area is 118 Å². The maximum atomic E-state index is 12.5. The summed E-state index contributed by atoms with van der Waals surface area (Å²) in [6.45, 7) is 8.31. The zero-order chi connectivity index (χ0) is 14.6. The first-order chi connectivity index (χ1) is 8.75. The second-order valence-electron chi connectivity index (χ2n) is 5.97. The lowest BCUT2D eigenvalue weighted by Gasteiger charge is -2.35. The van der Waals surface area contributed by atoms with Crippen LogP contribution in [0.2, 0.25) is 0 Å². The van der Waals surface area contributed by atoms with Gasteiger partial charge in [0.1, 0.15) is 0 Å². The quantitative estimate of drug-likeness (QED) is 0.784. The van der Waals surface area contributed by atoms with Crippen molar-refractivity contribution < 1.29 is 8.42 Å². The van der Waals surface area contributed by atoms with Crippen molar-refractivity contribution in [2.75, 3.05) is 33.7 Å². The Kier molecular flexibility index (Phi) is 6.23. The van der Waals surface area contributed by atoms with Gasteiger partial charge in [-0.2, -0.15) is 0 Å². The van der Waals surface area contributed by atoms with Crippen LogP contribution in [0.15, 0.2) is 0 Å². The van der Waals surface area contributed by atoms with Crippen LogP contribution in [0.3, 0.4) is 0 Å². The van der Waals surface area contributed by atoms with E-state index >= 15 is 0 Å². The van der Waals surface area contributed by atoms with Gasteiger partial charge in [-0.15, -0.1) is 0 Å². The Morgan fingerprint density at radius 2 is 1.79 bits per heavy atom. The van der Waals surface area contributed by atoms with E-state index < -0.39 is 10.0 Å². The third-order valence-electron chi connectivity index (χ3n) is 3.93. The Hall–Kier alpha value is -0.170. The third kappa shape index (κ3) is 4.70. The smallest absolute Gasteiger partial charge is 0.217 e. The van der Waals surface area contributed by atoms with Crippen LogP contribution in [0.1, 0.15) is 33.6 Å². The maximum absolute atomic E-state index is 12.5. The lowest BCUT2D eigenvalue weighted by Crippen LogP contribution is -2.49. The predicted octanol–water partition coefficient (Wildman–Crippen LogP) is 0.729. The van der Waals surface area contributed by atoms with Crippen LogP contribution in [-0.4, -0.2) is 68.7 Å². The molecule has 0 aromatic rings. The van der Waals surface area contributed by atoms with E-state index in [9.17, 15) is 8.42 Å². The number of sulfonamides is 1. The molecule has 1 saturated heterocycles.